The van der Waals surface area contributed by atoms with E-state index in [9.17, 15) is 0 Å². The van der Waals surface area contributed by atoms with E-state index in [1.54, 1.807) is 5.56 Å². The van der Waals surface area contributed by atoms with Crippen LogP contribution in [0.15, 0.2) is 59.7 Å². The Morgan fingerprint density at radius 3 is 2.48 bits per heavy atom. The molecule has 2 rings (SSSR count). The summed E-state index contributed by atoms with van der Waals surface area (Å²) < 4.78 is 0. The first-order valence-corrected chi connectivity index (χ1v) is 9.46. The molecule has 1 aromatic carbocycles. The Balaban J connectivity index is 2.19. The molecule has 1 aromatic rings. The molecule has 0 aliphatic heterocycles. The van der Waals surface area contributed by atoms with Crippen molar-refractivity contribution in [3.63, 3.8) is 0 Å². The third-order valence-corrected chi connectivity index (χ3v) is 4.77. The maximum Gasteiger partial charge on any atom is 0.0112 e. The molecule has 1 aliphatic carbocycles. The van der Waals surface area contributed by atoms with Crippen molar-refractivity contribution in [3.8, 4) is 0 Å². The minimum absolute atomic E-state index is 0.112. The maximum absolute atomic E-state index is 5.55. The first-order valence-electron chi connectivity index (χ1n) is 9.46. The Bertz CT molecular complexity index is 693. The van der Waals surface area contributed by atoms with Crippen molar-refractivity contribution in [3.05, 3.63) is 76.4 Å². The minimum Gasteiger partial charge on any atom is -0.327 e. The van der Waals surface area contributed by atoms with Crippen molar-refractivity contribution >= 4 is 6.08 Å². The van der Waals surface area contributed by atoms with Crippen LogP contribution in [0.5, 0.6) is 0 Å². The van der Waals surface area contributed by atoms with E-state index in [0.29, 0.717) is 6.54 Å². The number of aryl methyl sites for hydroxylation is 2. The highest BCUT2D eigenvalue weighted by Gasteiger charge is 2.14. The molecule has 2 N–H and O–H groups in total. The molecule has 0 amide bonds. The summed E-state index contributed by atoms with van der Waals surface area (Å²) in [6.45, 7) is 9.44. The van der Waals surface area contributed by atoms with E-state index in [0.717, 1.165) is 0 Å². The zero-order valence-electron chi connectivity index (χ0n) is 16.3. The van der Waals surface area contributed by atoms with Crippen LogP contribution in [0.1, 0.15) is 57.2 Å². The normalized spacial score (nSPS) is 16.7. The molecule has 0 saturated heterocycles. The van der Waals surface area contributed by atoms with E-state index in [4.69, 9.17) is 5.73 Å². The fourth-order valence-electron chi connectivity index (χ4n) is 3.16. The van der Waals surface area contributed by atoms with Gasteiger partial charge in [-0.3, -0.25) is 0 Å². The van der Waals surface area contributed by atoms with Gasteiger partial charge < -0.3 is 5.73 Å². The van der Waals surface area contributed by atoms with E-state index in [-0.39, 0.29) is 5.41 Å². The summed E-state index contributed by atoms with van der Waals surface area (Å²) in [4.78, 5) is 0. The lowest BCUT2D eigenvalue weighted by Gasteiger charge is -2.20. The molecule has 134 valence electrons. The van der Waals surface area contributed by atoms with Gasteiger partial charge in [-0.05, 0) is 60.3 Å². The highest BCUT2D eigenvalue weighted by molar-refractivity contribution is 5.56. The lowest BCUT2D eigenvalue weighted by atomic mass is 9.85. The predicted molar refractivity (Wildman–Crippen MR) is 112 cm³/mol. The lowest BCUT2D eigenvalue weighted by Crippen LogP contribution is -2.07. The highest BCUT2D eigenvalue weighted by Crippen LogP contribution is 2.28. The number of fused-ring (bicyclic) bond motifs is 1. The summed E-state index contributed by atoms with van der Waals surface area (Å²) in [5.74, 6) is 0. The minimum atomic E-state index is 0.112. The number of rotatable bonds is 5. The van der Waals surface area contributed by atoms with Crippen molar-refractivity contribution in [2.75, 3.05) is 6.54 Å². The average Bonchev–Trinajstić information content (AvgIpc) is 2.57. The molecule has 0 spiro atoms. The summed E-state index contributed by atoms with van der Waals surface area (Å²) >= 11 is 0. The molecular formula is C24H33N. The van der Waals surface area contributed by atoms with Crippen LogP contribution in [0.25, 0.3) is 6.08 Å². The van der Waals surface area contributed by atoms with Gasteiger partial charge in [0.25, 0.3) is 0 Å². The van der Waals surface area contributed by atoms with Gasteiger partial charge in [-0.1, -0.05) is 81.0 Å². The monoisotopic (exact) mass is 335 g/mol. The van der Waals surface area contributed by atoms with Gasteiger partial charge in [0.1, 0.15) is 0 Å². The highest BCUT2D eigenvalue weighted by atomic mass is 14.5. The van der Waals surface area contributed by atoms with Crippen molar-refractivity contribution in [1.29, 1.82) is 0 Å². The molecule has 0 saturated carbocycles. The van der Waals surface area contributed by atoms with Gasteiger partial charge >= 0.3 is 0 Å². The van der Waals surface area contributed by atoms with Crippen LogP contribution >= 0.6 is 0 Å². The molecule has 1 nitrogen and oxygen atoms in total. The van der Waals surface area contributed by atoms with E-state index < -0.39 is 0 Å². The standard InChI is InChI=1S/C24H33N/c1-19(16-17-25)8-7-11-23(24(2,3)4)15-13-20-12-14-21-9-5-6-10-22(21)18-20/h7-8,11-16,18H,5-6,9-10,17,25H2,1-4H3/b8-7+,15-13+,19-16+,23-11-. The molecule has 0 unspecified atom stereocenters. The maximum atomic E-state index is 5.55. The average molecular weight is 336 g/mol. The van der Waals surface area contributed by atoms with E-state index in [1.807, 2.05) is 6.08 Å². The lowest BCUT2D eigenvalue weighted by molar-refractivity contribution is 0.517. The third kappa shape index (κ3) is 6.17. The quantitative estimate of drug-likeness (QED) is 0.655. The summed E-state index contributed by atoms with van der Waals surface area (Å²) in [6.07, 6.45) is 18.1. The van der Waals surface area contributed by atoms with Gasteiger partial charge in [0.05, 0.1) is 0 Å². The summed E-state index contributed by atoms with van der Waals surface area (Å²) in [6, 6.07) is 6.94. The molecule has 25 heavy (non-hydrogen) atoms. The van der Waals surface area contributed by atoms with Crippen LogP contribution in [0, 0.1) is 5.41 Å². The zero-order valence-corrected chi connectivity index (χ0v) is 16.3. The molecule has 0 bridgehead atoms. The fourth-order valence-corrected chi connectivity index (χ4v) is 3.16. The first kappa shape index (κ1) is 19.5. The number of allylic oxidation sites excluding steroid dienone is 6. The molecule has 0 fully saturated rings. The van der Waals surface area contributed by atoms with Crippen LogP contribution < -0.4 is 5.73 Å². The number of nitrogens with two attached hydrogens (primary N) is 1. The molecular weight excluding hydrogens is 302 g/mol. The Hall–Kier alpha value is -1.86. The van der Waals surface area contributed by atoms with Crippen molar-refractivity contribution in [1.82, 2.24) is 0 Å². The van der Waals surface area contributed by atoms with Gasteiger partial charge in [-0.2, -0.15) is 0 Å². The second kappa shape index (κ2) is 9.01. The summed E-state index contributed by atoms with van der Waals surface area (Å²) in [5, 5.41) is 0. The second-order valence-corrected chi connectivity index (χ2v) is 7.98. The Kier molecular flexibility index (Phi) is 7.01. The van der Waals surface area contributed by atoms with E-state index in [2.05, 4.69) is 76.3 Å². The number of benzene rings is 1. The van der Waals surface area contributed by atoms with Gasteiger partial charge in [0.2, 0.25) is 0 Å². The van der Waals surface area contributed by atoms with Crippen LogP contribution in [0.3, 0.4) is 0 Å². The molecule has 1 aliphatic rings. The topological polar surface area (TPSA) is 26.0 Å². The number of hydrogen-bond acceptors (Lipinski definition) is 1. The molecule has 0 radical (unpaired) electrons. The van der Waals surface area contributed by atoms with E-state index >= 15 is 0 Å². The van der Waals surface area contributed by atoms with Crippen LogP contribution in [0.2, 0.25) is 0 Å². The molecule has 0 atom stereocenters. The van der Waals surface area contributed by atoms with Crippen molar-refractivity contribution in [2.45, 2.75) is 53.4 Å². The van der Waals surface area contributed by atoms with Gasteiger partial charge in [-0.15, -0.1) is 0 Å². The first-order chi connectivity index (χ1) is 11.9. The Labute approximate surface area is 154 Å². The molecule has 0 heterocycles. The second-order valence-electron chi connectivity index (χ2n) is 7.98. The summed E-state index contributed by atoms with van der Waals surface area (Å²) in [7, 11) is 0. The van der Waals surface area contributed by atoms with Gasteiger partial charge in [0, 0.05) is 6.54 Å². The fraction of sp³-hybridized carbons (Fsp3) is 0.417. The van der Waals surface area contributed by atoms with Crippen molar-refractivity contribution in [2.24, 2.45) is 11.1 Å². The Morgan fingerprint density at radius 1 is 1.08 bits per heavy atom. The predicted octanol–water partition coefficient (Wildman–Crippen LogP) is 6.01. The smallest absolute Gasteiger partial charge is 0.0112 e. The van der Waals surface area contributed by atoms with Crippen LogP contribution in [-0.2, 0) is 12.8 Å². The van der Waals surface area contributed by atoms with Crippen LogP contribution in [-0.4, -0.2) is 6.54 Å². The SMILES string of the molecule is CC(/C=C/C=C(/C=C/c1ccc2c(c1)CCCC2)C(C)(C)C)=C\CN. The zero-order chi connectivity index (χ0) is 18.3. The molecule has 0 aromatic heterocycles. The van der Waals surface area contributed by atoms with Gasteiger partial charge in [0.15, 0.2) is 0 Å². The largest absolute Gasteiger partial charge is 0.327 e. The van der Waals surface area contributed by atoms with Gasteiger partial charge in [-0.25, -0.2) is 0 Å². The Morgan fingerprint density at radius 2 is 1.80 bits per heavy atom. The molecule has 1 heteroatoms. The number of hydrogen-bond donors (Lipinski definition) is 1. The van der Waals surface area contributed by atoms with Crippen LogP contribution in [0.4, 0.5) is 0 Å². The summed E-state index contributed by atoms with van der Waals surface area (Å²) in [5.41, 5.74) is 12.6. The van der Waals surface area contributed by atoms with Crippen molar-refractivity contribution < 1.29 is 0 Å². The third-order valence-electron chi connectivity index (χ3n) is 4.77. The van der Waals surface area contributed by atoms with E-state index in [1.165, 1.54) is 48.0 Å².